The van der Waals surface area contributed by atoms with Gasteiger partial charge in [0.2, 0.25) is 0 Å². The molecule has 4 nitrogen and oxygen atoms in total. The third kappa shape index (κ3) is 3.93. The van der Waals surface area contributed by atoms with Crippen LogP contribution in [0.3, 0.4) is 0 Å². The first-order chi connectivity index (χ1) is 21.7. The fourth-order valence-corrected chi connectivity index (χ4v) is 6.56. The molecule has 0 aliphatic heterocycles. The molecule has 4 heteroatoms. The Kier molecular flexibility index (Phi) is 5.90. The number of aromatic nitrogens is 2. The number of nitriles is 2. The summed E-state index contributed by atoms with van der Waals surface area (Å²) in [5.74, 6) is 6.49. The van der Waals surface area contributed by atoms with E-state index in [1.165, 1.54) is 10.8 Å². The van der Waals surface area contributed by atoms with Crippen molar-refractivity contribution in [3.05, 3.63) is 144 Å². The van der Waals surface area contributed by atoms with E-state index >= 15 is 0 Å². The van der Waals surface area contributed by atoms with Crippen LogP contribution in [0.25, 0.3) is 55.0 Å². The SMILES string of the molecule is N#Cc1ccc2c(c1)c1ccccc1n2-c1ccc(C#N)c(C2C#CC/C=C\C(n3c4ccccc4c4ccccc43)=C/2)c1. The minimum Gasteiger partial charge on any atom is -0.310 e. The van der Waals surface area contributed by atoms with Gasteiger partial charge in [0.25, 0.3) is 0 Å². The largest absolute Gasteiger partial charge is 0.310 e. The predicted octanol–water partition coefficient (Wildman–Crippen LogP) is 9.22. The van der Waals surface area contributed by atoms with Crippen LogP contribution in [0, 0.1) is 34.5 Å². The van der Waals surface area contributed by atoms with E-state index in [1.54, 1.807) is 0 Å². The van der Waals surface area contributed by atoms with Crippen LogP contribution in [-0.4, -0.2) is 9.13 Å². The van der Waals surface area contributed by atoms with Crippen LogP contribution in [0.1, 0.15) is 29.0 Å². The third-order valence-corrected chi connectivity index (χ3v) is 8.49. The highest BCUT2D eigenvalue weighted by Gasteiger charge is 2.19. The Morgan fingerprint density at radius 2 is 1.27 bits per heavy atom. The van der Waals surface area contributed by atoms with Crippen molar-refractivity contribution in [1.82, 2.24) is 9.13 Å². The molecule has 1 aliphatic rings. The zero-order valence-electron chi connectivity index (χ0n) is 23.7. The van der Waals surface area contributed by atoms with Crippen molar-refractivity contribution in [1.29, 1.82) is 10.5 Å². The smallest absolute Gasteiger partial charge is 0.0995 e. The lowest BCUT2D eigenvalue weighted by atomic mass is 9.92. The summed E-state index contributed by atoms with van der Waals surface area (Å²) in [5, 5.41) is 24.3. The zero-order valence-corrected chi connectivity index (χ0v) is 23.7. The maximum absolute atomic E-state index is 10.3. The molecule has 44 heavy (non-hydrogen) atoms. The number of fused-ring (bicyclic) bond motifs is 6. The Hall–Kier alpha value is -6.28. The van der Waals surface area contributed by atoms with E-state index in [9.17, 15) is 10.5 Å². The summed E-state index contributed by atoms with van der Waals surface area (Å²) < 4.78 is 4.52. The fourth-order valence-electron chi connectivity index (χ4n) is 6.56. The van der Waals surface area contributed by atoms with Gasteiger partial charge >= 0.3 is 0 Å². The summed E-state index contributed by atoms with van der Waals surface area (Å²) in [6.07, 6.45) is 7.07. The first kappa shape index (κ1) is 25.4. The van der Waals surface area contributed by atoms with Crippen molar-refractivity contribution in [3.63, 3.8) is 0 Å². The Morgan fingerprint density at radius 3 is 1.95 bits per heavy atom. The molecule has 0 saturated carbocycles. The monoisotopic (exact) mass is 560 g/mol. The molecule has 1 unspecified atom stereocenters. The van der Waals surface area contributed by atoms with Crippen LogP contribution in [0.15, 0.2) is 127 Å². The second kappa shape index (κ2) is 10.2. The molecule has 0 N–H and O–H groups in total. The van der Waals surface area contributed by atoms with Gasteiger partial charge in [-0.05, 0) is 72.3 Å². The topological polar surface area (TPSA) is 57.4 Å². The predicted molar refractivity (Wildman–Crippen MR) is 178 cm³/mol. The maximum Gasteiger partial charge on any atom is 0.0995 e. The number of para-hydroxylation sites is 3. The molecule has 7 aromatic rings. The van der Waals surface area contributed by atoms with Crippen molar-refractivity contribution in [2.45, 2.75) is 12.3 Å². The van der Waals surface area contributed by atoms with Gasteiger partial charge in [-0.25, -0.2) is 0 Å². The normalized spacial score (nSPS) is 16.4. The van der Waals surface area contributed by atoms with Crippen LogP contribution in [-0.2, 0) is 0 Å². The van der Waals surface area contributed by atoms with Gasteiger partial charge in [0, 0.05) is 39.4 Å². The highest BCUT2D eigenvalue weighted by molar-refractivity contribution is 6.11. The Labute approximate surface area is 254 Å². The molecule has 8 rings (SSSR count). The Bertz CT molecular complexity index is 2460. The van der Waals surface area contributed by atoms with E-state index in [-0.39, 0.29) is 5.92 Å². The average Bonchev–Trinajstić information content (AvgIpc) is 3.57. The van der Waals surface area contributed by atoms with Crippen molar-refractivity contribution in [3.8, 4) is 29.7 Å². The molecule has 1 atom stereocenters. The second-order valence-electron chi connectivity index (χ2n) is 10.9. The molecule has 2 heterocycles. The van der Waals surface area contributed by atoms with E-state index in [2.05, 4.69) is 118 Å². The molecule has 0 radical (unpaired) electrons. The molecule has 5 aromatic carbocycles. The molecule has 204 valence electrons. The van der Waals surface area contributed by atoms with Gasteiger partial charge < -0.3 is 9.13 Å². The molecular formula is C40H24N4. The van der Waals surface area contributed by atoms with E-state index in [4.69, 9.17) is 0 Å². The molecule has 0 amide bonds. The van der Waals surface area contributed by atoms with Gasteiger partial charge in [0.05, 0.1) is 51.3 Å². The second-order valence-corrected chi connectivity index (χ2v) is 10.9. The molecule has 0 spiro atoms. The third-order valence-electron chi connectivity index (χ3n) is 8.49. The number of rotatable bonds is 3. The lowest BCUT2D eigenvalue weighted by molar-refractivity contribution is 1.07. The number of nitrogens with zero attached hydrogens (tertiary/aromatic N) is 4. The van der Waals surface area contributed by atoms with Gasteiger partial charge in [-0.3, -0.25) is 0 Å². The van der Waals surface area contributed by atoms with Crippen LogP contribution in [0.5, 0.6) is 0 Å². The minimum atomic E-state index is -0.303. The summed E-state index contributed by atoms with van der Waals surface area (Å²) in [7, 11) is 0. The molecule has 1 aliphatic carbocycles. The van der Waals surface area contributed by atoms with E-state index in [1.807, 2.05) is 42.5 Å². The molecule has 0 bridgehead atoms. The maximum atomic E-state index is 10.3. The first-order valence-electron chi connectivity index (χ1n) is 14.6. The highest BCUT2D eigenvalue weighted by atomic mass is 15.0. The zero-order chi connectivity index (χ0) is 29.6. The van der Waals surface area contributed by atoms with Gasteiger partial charge in [0.1, 0.15) is 0 Å². The lowest BCUT2D eigenvalue weighted by Crippen LogP contribution is -2.04. The number of allylic oxidation sites excluding steroid dienone is 4. The van der Waals surface area contributed by atoms with E-state index < -0.39 is 0 Å². The molecule has 0 fully saturated rings. The van der Waals surface area contributed by atoms with E-state index in [0.29, 0.717) is 17.5 Å². The van der Waals surface area contributed by atoms with Crippen LogP contribution >= 0.6 is 0 Å². The summed E-state index contributed by atoms with van der Waals surface area (Å²) in [5.41, 5.74) is 8.38. The summed E-state index contributed by atoms with van der Waals surface area (Å²) >= 11 is 0. The van der Waals surface area contributed by atoms with Crippen LogP contribution in [0.4, 0.5) is 0 Å². The van der Waals surface area contributed by atoms with Gasteiger partial charge in [-0.2, -0.15) is 10.5 Å². The standard InChI is InChI=1S/C40H24N4/c41-25-27-18-21-40-36(22-27)34-14-6-9-17-39(34)44(40)31-20-19-29(26-42)35(24-31)28-10-2-1-3-11-30(23-28)43-37-15-7-4-12-32(37)33-13-5-8-16-38(33)43/h3-9,11-24,28H,1H2/b11-3-,30-23+. The van der Waals surface area contributed by atoms with Gasteiger partial charge in [-0.1, -0.05) is 72.5 Å². The Morgan fingerprint density at radius 1 is 0.636 bits per heavy atom. The van der Waals surface area contributed by atoms with Crippen LogP contribution < -0.4 is 0 Å². The Balaban J connectivity index is 1.35. The molecular weight excluding hydrogens is 536 g/mol. The van der Waals surface area contributed by atoms with Gasteiger partial charge in [0.15, 0.2) is 0 Å². The van der Waals surface area contributed by atoms with Crippen molar-refractivity contribution in [2.24, 2.45) is 0 Å². The number of hydrogen-bond acceptors (Lipinski definition) is 2. The molecule has 2 aromatic heterocycles. The quantitative estimate of drug-likeness (QED) is 0.202. The van der Waals surface area contributed by atoms with Crippen LogP contribution in [0.2, 0.25) is 0 Å². The molecule has 0 saturated heterocycles. The van der Waals surface area contributed by atoms with Gasteiger partial charge in [-0.15, -0.1) is 0 Å². The number of hydrogen-bond donors (Lipinski definition) is 0. The lowest BCUT2D eigenvalue weighted by Gasteiger charge is -2.17. The fraction of sp³-hybridized carbons (Fsp3) is 0.0500. The highest BCUT2D eigenvalue weighted by Crippen LogP contribution is 2.36. The van der Waals surface area contributed by atoms with Crippen molar-refractivity contribution in [2.75, 3.05) is 0 Å². The summed E-state index contributed by atoms with van der Waals surface area (Å²) in [4.78, 5) is 0. The van der Waals surface area contributed by atoms with E-state index in [0.717, 1.165) is 49.8 Å². The average molecular weight is 561 g/mol. The summed E-state index contributed by atoms with van der Waals surface area (Å²) in [6.45, 7) is 0. The first-order valence-corrected chi connectivity index (χ1v) is 14.6. The summed E-state index contributed by atoms with van der Waals surface area (Å²) in [6, 6.07) is 41.7. The van der Waals surface area contributed by atoms with Crippen molar-refractivity contribution < 1.29 is 0 Å². The number of benzene rings is 5. The minimum absolute atomic E-state index is 0.303. The van der Waals surface area contributed by atoms with Crippen molar-refractivity contribution >= 4 is 49.3 Å².